The molecule has 0 bridgehead atoms. The molecule has 0 fully saturated rings. The number of carbonyl (C=O) groups is 5. The van der Waals surface area contributed by atoms with Crippen LogP contribution >= 0.6 is 0 Å². The Hall–Kier alpha value is -4.09. The average Bonchev–Trinajstić information content (AvgIpc) is 3.29. The van der Waals surface area contributed by atoms with Crippen molar-refractivity contribution >= 4 is 30.0 Å². The van der Waals surface area contributed by atoms with Gasteiger partial charge in [-0.2, -0.15) is 9.78 Å². The molecule has 0 aliphatic heterocycles. The van der Waals surface area contributed by atoms with Crippen molar-refractivity contribution in [3.63, 3.8) is 0 Å². The Bertz CT molecular complexity index is 1420. The van der Waals surface area contributed by atoms with Crippen molar-refractivity contribution in [3.8, 4) is 0 Å². The molecular formula is C53H82O11. The Labute approximate surface area is 385 Å². The van der Waals surface area contributed by atoms with Gasteiger partial charge in [-0.3, -0.25) is 9.78 Å². The molecule has 0 radical (unpaired) electrons. The van der Waals surface area contributed by atoms with E-state index in [0.717, 1.165) is 114 Å². The van der Waals surface area contributed by atoms with Gasteiger partial charge in [0.25, 0.3) is 0 Å². The normalized spacial score (nSPS) is 12.1. The quantitative estimate of drug-likeness (QED) is 0.0209. The molecule has 0 saturated heterocycles. The number of aryl methyl sites for hydroxylation is 2. The van der Waals surface area contributed by atoms with Crippen molar-refractivity contribution in [2.75, 3.05) is 0 Å². The van der Waals surface area contributed by atoms with Gasteiger partial charge in [-0.05, 0) is 73.9 Å². The summed E-state index contributed by atoms with van der Waals surface area (Å²) >= 11 is 0. The summed E-state index contributed by atoms with van der Waals surface area (Å²) in [5.74, 6) is -3.96. The second kappa shape index (κ2) is 37.2. The topological polar surface area (TPSA) is 141 Å². The van der Waals surface area contributed by atoms with E-state index < -0.39 is 42.2 Å². The van der Waals surface area contributed by atoms with Gasteiger partial charge < -0.3 is 9.47 Å². The lowest BCUT2D eigenvalue weighted by Gasteiger charge is -2.16. The number of esters is 2. The maximum atomic E-state index is 13.3. The summed E-state index contributed by atoms with van der Waals surface area (Å²) in [4.78, 5) is 86.2. The van der Waals surface area contributed by atoms with Gasteiger partial charge in [-0.15, -0.1) is 0 Å². The molecule has 0 aliphatic rings. The predicted molar refractivity (Wildman–Crippen MR) is 250 cm³/mol. The van der Waals surface area contributed by atoms with Gasteiger partial charge in [0, 0.05) is 0 Å². The Kier molecular flexibility index (Phi) is 32.5. The van der Waals surface area contributed by atoms with E-state index in [1.54, 1.807) is 24.3 Å². The first-order valence-corrected chi connectivity index (χ1v) is 25.1. The van der Waals surface area contributed by atoms with Crippen molar-refractivity contribution in [1.82, 2.24) is 0 Å². The number of hydrogen-bond acceptors (Lipinski definition) is 11. The molecule has 0 amide bonds. The Morgan fingerprint density at radius 1 is 0.375 bits per heavy atom. The van der Waals surface area contributed by atoms with Crippen LogP contribution in [0.25, 0.3) is 0 Å². The molecule has 2 aromatic carbocycles. The maximum absolute atomic E-state index is 13.3. The zero-order valence-electron chi connectivity index (χ0n) is 40.0. The van der Waals surface area contributed by atoms with Crippen LogP contribution in [0, 0.1) is 0 Å². The van der Waals surface area contributed by atoms with Gasteiger partial charge >= 0.3 is 30.0 Å². The number of benzene rings is 2. The van der Waals surface area contributed by atoms with Crippen molar-refractivity contribution in [2.45, 2.75) is 233 Å². The number of unbranched alkanes of at least 4 members (excludes halogenated alkanes) is 22. The van der Waals surface area contributed by atoms with Gasteiger partial charge in [-0.25, -0.2) is 24.0 Å². The molecule has 0 aromatic heterocycles. The number of ether oxygens (including phenoxy) is 2. The maximum Gasteiger partial charge on any atom is 0.524 e. The monoisotopic (exact) mass is 895 g/mol. The minimum atomic E-state index is -1.60. The van der Waals surface area contributed by atoms with Gasteiger partial charge in [0.05, 0.1) is 11.1 Å². The summed E-state index contributed by atoms with van der Waals surface area (Å²) in [5.41, 5.74) is 2.67. The van der Waals surface area contributed by atoms with Crippen molar-refractivity contribution < 1.29 is 53.0 Å². The second-order valence-electron chi connectivity index (χ2n) is 17.3. The van der Waals surface area contributed by atoms with Crippen LogP contribution in [-0.2, 0) is 51.5 Å². The van der Waals surface area contributed by atoms with Crippen LogP contribution < -0.4 is 0 Å². The van der Waals surface area contributed by atoms with Gasteiger partial charge in [0.15, 0.2) is 0 Å². The highest BCUT2D eigenvalue weighted by molar-refractivity contribution is 5.92. The second-order valence-corrected chi connectivity index (χ2v) is 17.3. The summed E-state index contributed by atoms with van der Waals surface area (Å²) in [5, 5.41) is 0. The van der Waals surface area contributed by atoms with Crippen LogP contribution in [0.4, 0.5) is 4.79 Å². The molecule has 2 unspecified atom stereocenters. The highest BCUT2D eigenvalue weighted by Crippen LogP contribution is 2.19. The van der Waals surface area contributed by atoms with Crippen molar-refractivity contribution in [1.29, 1.82) is 0 Å². The van der Waals surface area contributed by atoms with E-state index in [1.807, 2.05) is 24.3 Å². The molecule has 11 nitrogen and oxygen atoms in total. The lowest BCUT2D eigenvalue weighted by Crippen LogP contribution is -2.34. The predicted octanol–water partition coefficient (Wildman–Crippen LogP) is 14.6. The fourth-order valence-electron chi connectivity index (χ4n) is 7.43. The molecule has 0 aliphatic carbocycles. The third-order valence-electron chi connectivity index (χ3n) is 11.5. The molecule has 360 valence electrons. The first-order chi connectivity index (χ1) is 31.2. The van der Waals surface area contributed by atoms with E-state index in [1.165, 1.54) is 64.2 Å². The largest absolute Gasteiger partial charge is 0.524 e. The number of carbonyl (C=O) groups excluding carboxylic acids is 5. The first kappa shape index (κ1) is 56.0. The van der Waals surface area contributed by atoms with E-state index in [2.05, 4.69) is 27.7 Å². The summed E-state index contributed by atoms with van der Waals surface area (Å²) in [6.07, 6.45) is 25.3. The van der Waals surface area contributed by atoms with Crippen molar-refractivity contribution in [3.05, 3.63) is 70.8 Å². The third-order valence-corrected chi connectivity index (χ3v) is 11.5. The summed E-state index contributed by atoms with van der Waals surface area (Å²) in [6.45, 7) is 8.68. The summed E-state index contributed by atoms with van der Waals surface area (Å²) in [7, 11) is 0. The highest BCUT2D eigenvalue weighted by atomic mass is 17.2. The molecule has 2 rings (SSSR count). The fourth-order valence-corrected chi connectivity index (χ4v) is 7.43. The van der Waals surface area contributed by atoms with Crippen LogP contribution in [0.2, 0.25) is 0 Å². The van der Waals surface area contributed by atoms with Crippen LogP contribution in [0.15, 0.2) is 48.5 Å². The van der Waals surface area contributed by atoms with E-state index in [-0.39, 0.29) is 24.0 Å². The molecule has 0 N–H and O–H groups in total. The third kappa shape index (κ3) is 26.6. The van der Waals surface area contributed by atoms with Crippen LogP contribution in [0.3, 0.4) is 0 Å². The van der Waals surface area contributed by atoms with E-state index >= 15 is 0 Å². The number of hydrogen-bond donors (Lipinski definition) is 0. The lowest BCUT2D eigenvalue weighted by atomic mass is 10.0. The Morgan fingerprint density at radius 2 is 0.656 bits per heavy atom. The molecular weight excluding hydrogens is 813 g/mol. The molecule has 11 heteroatoms. The molecule has 2 aromatic rings. The van der Waals surface area contributed by atoms with E-state index in [0.29, 0.717) is 12.8 Å². The SMILES string of the molecule is CCCCCCCCCCCCC(OOC(=O)c1ccc(CCCCC)cc1)C(=O)OC(=O)OC(=O)C(CCCCCCCCCCCC)OOC(=O)c1ccc(CCCCC)cc1. The van der Waals surface area contributed by atoms with Crippen LogP contribution in [0.1, 0.15) is 239 Å². The molecule has 0 spiro atoms. The van der Waals surface area contributed by atoms with E-state index in [9.17, 15) is 24.0 Å². The zero-order chi connectivity index (χ0) is 46.5. The molecule has 64 heavy (non-hydrogen) atoms. The zero-order valence-corrected chi connectivity index (χ0v) is 40.0. The number of rotatable bonds is 38. The smallest absolute Gasteiger partial charge is 0.358 e. The minimum Gasteiger partial charge on any atom is -0.358 e. The highest BCUT2D eigenvalue weighted by Gasteiger charge is 2.31. The standard InChI is InChI=1S/C53H82O11/c1-5-9-13-15-17-19-21-23-25-29-33-47(61-63-49(54)45-39-35-43(36-40-45)31-27-11-7-3)51(56)59-53(58)60-52(57)48(34-30-26-24-22-20-18-16-14-10-6-2)62-64-50(55)46-41-37-44(38-42-46)32-28-12-8-4/h35-42,47-48H,5-34H2,1-4H3. The minimum absolute atomic E-state index is 0.0976. The summed E-state index contributed by atoms with van der Waals surface area (Å²) in [6, 6.07) is 14.0. The van der Waals surface area contributed by atoms with E-state index in [4.69, 9.17) is 29.0 Å². The van der Waals surface area contributed by atoms with Gasteiger partial charge in [-0.1, -0.05) is 206 Å². The van der Waals surface area contributed by atoms with Crippen LogP contribution in [-0.4, -0.2) is 42.2 Å². The molecule has 0 saturated carbocycles. The Morgan fingerprint density at radius 3 is 0.969 bits per heavy atom. The fraction of sp³-hybridized carbons (Fsp3) is 0.679. The molecule has 0 heterocycles. The van der Waals surface area contributed by atoms with Crippen molar-refractivity contribution in [2.24, 2.45) is 0 Å². The Balaban J connectivity index is 2.03. The van der Waals surface area contributed by atoms with Gasteiger partial charge in [0.2, 0.25) is 12.2 Å². The summed E-state index contributed by atoms with van der Waals surface area (Å²) < 4.78 is 9.84. The average molecular weight is 895 g/mol. The van der Waals surface area contributed by atoms with Crippen LogP contribution in [0.5, 0.6) is 0 Å². The van der Waals surface area contributed by atoms with Gasteiger partial charge in [0.1, 0.15) is 0 Å². The lowest BCUT2D eigenvalue weighted by molar-refractivity contribution is -0.276. The first-order valence-electron chi connectivity index (χ1n) is 25.1. The molecule has 2 atom stereocenters.